The molecule has 0 radical (unpaired) electrons. The van der Waals surface area contributed by atoms with E-state index in [9.17, 15) is 9.18 Å². The molecule has 1 aromatic carbocycles. The lowest BCUT2D eigenvalue weighted by atomic mass is 10.2. The number of nitrogens with zero attached hydrogens (tertiary/aromatic N) is 3. The minimum atomic E-state index is -0.383. The van der Waals surface area contributed by atoms with Crippen LogP contribution in [-0.4, -0.2) is 25.7 Å². The number of fused-ring (bicyclic) bond motifs is 1. The number of anilines is 1. The summed E-state index contributed by atoms with van der Waals surface area (Å²) >= 11 is 14.0. The Morgan fingerprint density at radius 1 is 1.48 bits per heavy atom. The molecule has 29 heavy (non-hydrogen) atoms. The van der Waals surface area contributed by atoms with E-state index in [1.165, 1.54) is 23.5 Å². The number of rotatable bonds is 6. The van der Waals surface area contributed by atoms with Crippen LogP contribution in [0, 0.1) is 10.6 Å². The third-order valence-corrected chi connectivity index (χ3v) is 6.83. The van der Waals surface area contributed by atoms with Gasteiger partial charge in [0, 0.05) is 22.0 Å². The first-order valence-corrected chi connectivity index (χ1v) is 10.8. The number of carbonyl (C=O) groups excluding carboxylic acids is 1. The van der Waals surface area contributed by atoms with Crippen LogP contribution in [0.2, 0.25) is 5.02 Å². The first-order valence-electron chi connectivity index (χ1n) is 8.34. The molecule has 11 heteroatoms. The van der Waals surface area contributed by atoms with Gasteiger partial charge in [-0.3, -0.25) is 19.8 Å². The van der Waals surface area contributed by atoms with Crippen LogP contribution < -0.4 is 5.32 Å². The van der Waals surface area contributed by atoms with E-state index in [2.05, 4.69) is 27.1 Å². The summed E-state index contributed by atoms with van der Waals surface area (Å²) < 4.78 is 16.4. The van der Waals surface area contributed by atoms with E-state index in [4.69, 9.17) is 23.8 Å². The first-order chi connectivity index (χ1) is 14.0. The SMILES string of the molecule is C=CCn1c(Cc2csc(NC(=O)c3sc4cc(F)ccc4c3Cl)n2)n[nH]c1=S. The van der Waals surface area contributed by atoms with Crippen molar-refractivity contribution in [2.75, 3.05) is 5.32 Å². The van der Waals surface area contributed by atoms with Gasteiger partial charge in [0.25, 0.3) is 5.91 Å². The molecule has 2 N–H and O–H groups in total. The van der Waals surface area contributed by atoms with E-state index < -0.39 is 0 Å². The summed E-state index contributed by atoms with van der Waals surface area (Å²) in [6.45, 7) is 4.26. The fourth-order valence-electron chi connectivity index (χ4n) is 2.75. The molecule has 0 spiro atoms. The molecule has 0 saturated heterocycles. The zero-order valence-corrected chi connectivity index (χ0v) is 17.9. The van der Waals surface area contributed by atoms with E-state index in [1.54, 1.807) is 12.1 Å². The van der Waals surface area contributed by atoms with E-state index in [1.807, 2.05) is 9.95 Å². The second-order valence-electron chi connectivity index (χ2n) is 6.00. The third kappa shape index (κ3) is 4.01. The maximum atomic E-state index is 13.4. The van der Waals surface area contributed by atoms with Crippen LogP contribution in [0.4, 0.5) is 9.52 Å². The van der Waals surface area contributed by atoms with Gasteiger partial charge in [-0.05, 0) is 30.4 Å². The molecule has 3 heterocycles. The minimum absolute atomic E-state index is 0.305. The van der Waals surface area contributed by atoms with Crippen LogP contribution >= 0.6 is 46.5 Å². The number of benzene rings is 1. The molecule has 6 nitrogen and oxygen atoms in total. The molecule has 4 rings (SSSR count). The van der Waals surface area contributed by atoms with Crippen LogP contribution in [0.5, 0.6) is 0 Å². The van der Waals surface area contributed by atoms with Gasteiger partial charge in [0.15, 0.2) is 9.90 Å². The second kappa shape index (κ2) is 8.15. The molecule has 3 aromatic heterocycles. The standard InChI is InChI=1S/C18H13ClFN5OS3/c1-2-5-25-13(23-24-18(25)27)7-10-8-28-17(21-10)22-16(26)15-14(19)11-4-3-9(20)6-12(11)29-15/h2-4,6,8H,1,5,7H2,(H,24,27)(H,21,22,26). The van der Waals surface area contributed by atoms with Crippen molar-refractivity contribution in [1.29, 1.82) is 0 Å². The Bertz CT molecular complexity index is 1290. The van der Waals surface area contributed by atoms with Gasteiger partial charge in [0.2, 0.25) is 0 Å². The third-order valence-electron chi connectivity index (χ3n) is 4.06. The molecule has 0 aliphatic rings. The van der Waals surface area contributed by atoms with Gasteiger partial charge >= 0.3 is 0 Å². The van der Waals surface area contributed by atoms with Crippen LogP contribution in [0.1, 0.15) is 21.2 Å². The Morgan fingerprint density at radius 2 is 2.31 bits per heavy atom. The Morgan fingerprint density at radius 3 is 3.10 bits per heavy atom. The van der Waals surface area contributed by atoms with Crippen molar-refractivity contribution in [1.82, 2.24) is 19.7 Å². The summed E-state index contributed by atoms with van der Waals surface area (Å²) in [6.07, 6.45) is 2.19. The van der Waals surface area contributed by atoms with Crippen molar-refractivity contribution in [3.05, 3.63) is 68.2 Å². The summed E-state index contributed by atoms with van der Waals surface area (Å²) in [5, 5.41) is 13.0. The van der Waals surface area contributed by atoms with Gasteiger partial charge in [-0.15, -0.1) is 29.3 Å². The van der Waals surface area contributed by atoms with Gasteiger partial charge in [0.05, 0.1) is 17.1 Å². The Balaban J connectivity index is 1.52. The number of thiazole rings is 1. The lowest BCUT2D eigenvalue weighted by molar-refractivity contribution is 0.103. The average Bonchev–Trinajstić information content (AvgIpc) is 3.36. The predicted octanol–water partition coefficient (Wildman–Crippen LogP) is 5.43. The molecule has 0 atom stereocenters. The maximum absolute atomic E-state index is 13.4. The number of amides is 1. The van der Waals surface area contributed by atoms with Crippen molar-refractivity contribution in [3.63, 3.8) is 0 Å². The summed E-state index contributed by atoms with van der Waals surface area (Å²) in [7, 11) is 0. The summed E-state index contributed by atoms with van der Waals surface area (Å²) in [5.41, 5.74) is 0.745. The molecule has 0 aliphatic heterocycles. The first kappa shape index (κ1) is 19.9. The Hall–Kier alpha value is -2.40. The Labute approximate surface area is 182 Å². The van der Waals surface area contributed by atoms with Crippen molar-refractivity contribution >= 4 is 67.6 Å². The lowest BCUT2D eigenvalue weighted by Crippen LogP contribution is -2.10. The number of nitrogens with one attached hydrogen (secondary N) is 2. The zero-order chi connectivity index (χ0) is 20.5. The molecular weight excluding hydrogens is 453 g/mol. The highest BCUT2D eigenvalue weighted by atomic mass is 35.5. The van der Waals surface area contributed by atoms with Crippen LogP contribution in [0.25, 0.3) is 10.1 Å². The topological polar surface area (TPSA) is 75.6 Å². The number of allylic oxidation sites excluding steroid dienone is 1. The number of hydrogen-bond donors (Lipinski definition) is 2. The van der Waals surface area contributed by atoms with Crippen LogP contribution in [-0.2, 0) is 13.0 Å². The highest BCUT2D eigenvalue weighted by Crippen LogP contribution is 2.36. The van der Waals surface area contributed by atoms with Crippen molar-refractivity contribution < 1.29 is 9.18 Å². The van der Waals surface area contributed by atoms with E-state index in [0.29, 0.717) is 42.9 Å². The molecule has 4 aromatic rings. The zero-order valence-electron chi connectivity index (χ0n) is 14.7. The molecular formula is C18H13ClFN5OS3. The highest BCUT2D eigenvalue weighted by Gasteiger charge is 2.19. The number of halogens is 2. The summed E-state index contributed by atoms with van der Waals surface area (Å²) in [4.78, 5) is 17.4. The normalized spacial score (nSPS) is 11.1. The van der Waals surface area contributed by atoms with E-state index >= 15 is 0 Å². The quantitative estimate of drug-likeness (QED) is 0.294. The second-order valence-corrected chi connectivity index (χ2v) is 8.68. The maximum Gasteiger partial charge on any atom is 0.269 e. The van der Waals surface area contributed by atoms with Gasteiger partial charge in [-0.25, -0.2) is 9.37 Å². The van der Waals surface area contributed by atoms with Gasteiger partial charge in [0.1, 0.15) is 16.5 Å². The van der Waals surface area contributed by atoms with E-state index in [-0.39, 0.29) is 11.7 Å². The number of aromatic nitrogens is 4. The monoisotopic (exact) mass is 465 g/mol. The van der Waals surface area contributed by atoms with Crippen molar-refractivity contribution in [3.8, 4) is 0 Å². The summed E-state index contributed by atoms with van der Waals surface area (Å²) in [6, 6.07) is 4.25. The fraction of sp³-hybridized carbons (Fsp3) is 0.111. The predicted molar refractivity (Wildman–Crippen MR) is 117 cm³/mol. The smallest absolute Gasteiger partial charge is 0.269 e. The molecule has 0 aliphatic carbocycles. The van der Waals surface area contributed by atoms with Crippen LogP contribution in [0.15, 0.2) is 36.2 Å². The average molecular weight is 466 g/mol. The van der Waals surface area contributed by atoms with Gasteiger partial charge < -0.3 is 0 Å². The Kier molecular flexibility index (Phi) is 5.59. The summed E-state index contributed by atoms with van der Waals surface area (Å²) in [5.74, 6) is -0.0271. The largest absolute Gasteiger partial charge is 0.300 e. The molecule has 148 valence electrons. The number of carbonyl (C=O) groups is 1. The van der Waals surface area contributed by atoms with Crippen LogP contribution in [0.3, 0.4) is 0 Å². The lowest BCUT2D eigenvalue weighted by Gasteiger charge is -2.02. The molecule has 0 saturated carbocycles. The number of H-pyrrole nitrogens is 1. The molecule has 0 unspecified atom stereocenters. The molecule has 1 amide bonds. The number of aromatic amines is 1. The molecule has 0 bridgehead atoms. The molecule has 0 fully saturated rings. The van der Waals surface area contributed by atoms with Crippen molar-refractivity contribution in [2.24, 2.45) is 0 Å². The van der Waals surface area contributed by atoms with Gasteiger partial charge in [-0.1, -0.05) is 17.7 Å². The number of hydrogen-bond acceptors (Lipinski definition) is 6. The highest BCUT2D eigenvalue weighted by molar-refractivity contribution is 7.71. The fourth-order valence-corrected chi connectivity index (χ4v) is 5.12. The minimum Gasteiger partial charge on any atom is -0.300 e. The van der Waals surface area contributed by atoms with Gasteiger partial charge in [-0.2, -0.15) is 5.10 Å². The van der Waals surface area contributed by atoms with Crippen molar-refractivity contribution in [2.45, 2.75) is 13.0 Å². The number of thiophene rings is 1. The van der Waals surface area contributed by atoms with E-state index in [0.717, 1.165) is 22.9 Å².